The van der Waals surface area contributed by atoms with E-state index in [0.29, 0.717) is 23.9 Å². The predicted molar refractivity (Wildman–Crippen MR) is 81.7 cm³/mol. The summed E-state index contributed by atoms with van der Waals surface area (Å²) < 4.78 is 0.435. The Labute approximate surface area is 135 Å². The molecule has 1 aliphatic heterocycles. The predicted octanol–water partition coefficient (Wildman–Crippen LogP) is 2.68. The number of carboxylic acids is 1. The highest BCUT2D eigenvalue weighted by Crippen LogP contribution is 2.28. The summed E-state index contributed by atoms with van der Waals surface area (Å²) in [6, 6.07) is 3.59. The van der Waals surface area contributed by atoms with Gasteiger partial charge in [-0.1, -0.05) is 15.9 Å². The molecule has 0 bridgehead atoms. The molecule has 0 aromatic heterocycles. The van der Waals surface area contributed by atoms with Gasteiger partial charge in [0.1, 0.15) is 0 Å². The molecule has 118 valence electrons. The molecular weight excluding hydrogens is 356 g/mol. The smallest absolute Gasteiger partial charge is 0.308 e. The molecule has 0 saturated carbocycles. The van der Waals surface area contributed by atoms with Crippen LogP contribution in [0.5, 0.6) is 0 Å². The van der Waals surface area contributed by atoms with Crippen LogP contribution in [0.15, 0.2) is 22.7 Å². The fourth-order valence-electron chi connectivity index (χ4n) is 2.73. The van der Waals surface area contributed by atoms with E-state index >= 15 is 0 Å². The van der Waals surface area contributed by atoms with Gasteiger partial charge in [-0.3, -0.25) is 19.7 Å². The minimum atomic E-state index is -0.926. The first kappa shape index (κ1) is 16.4. The number of hydrogen-bond acceptors (Lipinski definition) is 4. The number of rotatable bonds is 3. The van der Waals surface area contributed by atoms with Gasteiger partial charge >= 0.3 is 5.97 Å². The van der Waals surface area contributed by atoms with E-state index < -0.39 is 22.9 Å². The first-order valence-corrected chi connectivity index (χ1v) is 7.59. The second-order valence-electron chi connectivity index (χ2n) is 5.28. The molecule has 2 atom stereocenters. The molecule has 1 fully saturated rings. The molecule has 1 saturated heterocycles. The summed E-state index contributed by atoms with van der Waals surface area (Å²) in [5.74, 6) is -1.92. The van der Waals surface area contributed by atoms with E-state index in [1.54, 1.807) is 6.92 Å². The molecular formula is C14H15BrN2O5. The van der Waals surface area contributed by atoms with E-state index in [0.717, 1.165) is 0 Å². The average molecular weight is 371 g/mol. The topological polar surface area (TPSA) is 101 Å². The lowest BCUT2D eigenvalue weighted by atomic mass is 9.90. The maximum absolute atomic E-state index is 12.6. The fraction of sp³-hybridized carbons (Fsp3) is 0.429. The van der Waals surface area contributed by atoms with Crippen LogP contribution >= 0.6 is 15.9 Å². The summed E-state index contributed by atoms with van der Waals surface area (Å²) in [4.78, 5) is 35.6. The molecule has 0 unspecified atom stereocenters. The first-order valence-electron chi connectivity index (χ1n) is 6.80. The van der Waals surface area contributed by atoms with Crippen molar-refractivity contribution in [3.63, 3.8) is 0 Å². The van der Waals surface area contributed by atoms with E-state index in [1.165, 1.54) is 23.1 Å². The van der Waals surface area contributed by atoms with Gasteiger partial charge in [0.25, 0.3) is 11.6 Å². The number of nitro groups is 1. The van der Waals surface area contributed by atoms with Gasteiger partial charge in [0, 0.05) is 34.8 Å². The van der Waals surface area contributed by atoms with Crippen LogP contribution in [0.25, 0.3) is 0 Å². The number of aliphatic carboxylic acids is 1. The van der Waals surface area contributed by atoms with Gasteiger partial charge in [-0.15, -0.1) is 0 Å². The Bertz CT molecular complexity index is 634. The zero-order valence-electron chi connectivity index (χ0n) is 11.9. The molecule has 1 aromatic carbocycles. The van der Waals surface area contributed by atoms with Crippen LogP contribution in [-0.2, 0) is 4.79 Å². The number of carbonyl (C=O) groups is 2. The summed E-state index contributed by atoms with van der Waals surface area (Å²) in [6.07, 6.45) is 1.13. The van der Waals surface area contributed by atoms with Crippen molar-refractivity contribution in [2.45, 2.75) is 25.8 Å². The highest BCUT2D eigenvalue weighted by atomic mass is 79.9. The quantitative estimate of drug-likeness (QED) is 0.650. The molecule has 7 nitrogen and oxygen atoms in total. The maximum Gasteiger partial charge on any atom is 0.308 e. The molecule has 0 aliphatic carbocycles. The number of piperidine rings is 1. The molecule has 22 heavy (non-hydrogen) atoms. The van der Waals surface area contributed by atoms with E-state index in [1.807, 2.05) is 0 Å². The van der Waals surface area contributed by atoms with E-state index in [2.05, 4.69) is 15.9 Å². The van der Waals surface area contributed by atoms with Gasteiger partial charge in [-0.05, 0) is 25.8 Å². The number of carboxylic acid groups (broad SMARTS) is 1. The van der Waals surface area contributed by atoms with Crippen molar-refractivity contribution >= 4 is 33.5 Å². The number of nitro benzene ring substituents is 1. The molecule has 1 aliphatic rings. The number of likely N-dealkylation sites (tertiary alicyclic amines) is 1. The van der Waals surface area contributed by atoms with Crippen molar-refractivity contribution in [3.8, 4) is 0 Å². The molecule has 8 heteroatoms. The highest BCUT2D eigenvalue weighted by Gasteiger charge is 2.36. The molecule has 2 rings (SSSR count). The minimum Gasteiger partial charge on any atom is -0.481 e. The van der Waals surface area contributed by atoms with E-state index in [4.69, 9.17) is 0 Å². The summed E-state index contributed by atoms with van der Waals surface area (Å²) in [5, 5.41) is 20.1. The van der Waals surface area contributed by atoms with Crippen molar-refractivity contribution in [1.82, 2.24) is 4.90 Å². The zero-order chi connectivity index (χ0) is 16.4. The van der Waals surface area contributed by atoms with Gasteiger partial charge in [0.05, 0.1) is 10.8 Å². The Morgan fingerprint density at radius 3 is 2.68 bits per heavy atom. The van der Waals surface area contributed by atoms with Crippen molar-refractivity contribution in [1.29, 1.82) is 0 Å². The van der Waals surface area contributed by atoms with Crippen LogP contribution in [-0.4, -0.2) is 39.4 Å². The minimum absolute atomic E-state index is 0.180. The number of halogens is 1. The normalized spacial score (nSPS) is 21.5. The summed E-state index contributed by atoms with van der Waals surface area (Å²) in [6.45, 7) is 2.15. The monoisotopic (exact) mass is 370 g/mol. The lowest BCUT2D eigenvalue weighted by molar-refractivity contribution is -0.385. The second-order valence-corrected chi connectivity index (χ2v) is 6.20. The Kier molecular flexibility index (Phi) is 4.80. The van der Waals surface area contributed by atoms with Gasteiger partial charge in [-0.2, -0.15) is 0 Å². The summed E-state index contributed by atoms with van der Waals surface area (Å²) in [7, 11) is 0. The lowest BCUT2D eigenvalue weighted by Gasteiger charge is -2.37. The van der Waals surface area contributed by atoms with Crippen molar-refractivity contribution in [2.24, 2.45) is 5.92 Å². The zero-order valence-corrected chi connectivity index (χ0v) is 13.4. The third kappa shape index (κ3) is 3.27. The molecule has 1 N–H and O–H groups in total. The number of carbonyl (C=O) groups excluding carboxylic acids is 1. The summed E-state index contributed by atoms with van der Waals surface area (Å²) in [5.41, 5.74) is -0.00358. The molecule has 1 amide bonds. The van der Waals surface area contributed by atoms with E-state index in [9.17, 15) is 24.8 Å². The van der Waals surface area contributed by atoms with Crippen LogP contribution in [0.1, 0.15) is 30.1 Å². The first-order chi connectivity index (χ1) is 10.3. The van der Waals surface area contributed by atoms with Gasteiger partial charge < -0.3 is 10.0 Å². The van der Waals surface area contributed by atoms with Crippen molar-refractivity contribution in [3.05, 3.63) is 38.3 Å². The van der Waals surface area contributed by atoms with Crippen LogP contribution in [0.2, 0.25) is 0 Å². The van der Waals surface area contributed by atoms with Crippen LogP contribution in [0, 0.1) is 16.0 Å². The third-order valence-corrected chi connectivity index (χ3v) is 4.36. The van der Waals surface area contributed by atoms with E-state index in [-0.39, 0.29) is 17.2 Å². The SMILES string of the molecule is C[C@@H]1[C@H](C(=O)O)CCCN1C(=O)c1cc(Br)cc([N+](=O)[O-])c1. The Hall–Kier alpha value is -1.96. The van der Waals surface area contributed by atoms with Crippen LogP contribution in [0.4, 0.5) is 5.69 Å². The van der Waals surface area contributed by atoms with Gasteiger partial charge in [0.2, 0.25) is 0 Å². The van der Waals surface area contributed by atoms with Crippen LogP contribution < -0.4 is 0 Å². The Morgan fingerprint density at radius 1 is 1.41 bits per heavy atom. The summed E-state index contributed by atoms with van der Waals surface area (Å²) >= 11 is 3.15. The lowest BCUT2D eigenvalue weighted by Crippen LogP contribution is -2.49. The van der Waals surface area contributed by atoms with Gasteiger partial charge in [-0.25, -0.2) is 0 Å². The van der Waals surface area contributed by atoms with Gasteiger partial charge in [0.15, 0.2) is 0 Å². The Morgan fingerprint density at radius 2 is 2.09 bits per heavy atom. The number of benzene rings is 1. The fourth-order valence-corrected chi connectivity index (χ4v) is 3.21. The standard InChI is InChI=1S/C14H15BrN2O5/c1-8-12(14(19)20)3-2-4-16(8)13(18)9-5-10(15)7-11(6-9)17(21)22/h5-8,12H,2-4H2,1H3,(H,19,20)/t8-,12-/m1/s1. The van der Waals surface area contributed by atoms with Crippen LogP contribution in [0.3, 0.4) is 0 Å². The third-order valence-electron chi connectivity index (χ3n) is 3.91. The average Bonchev–Trinajstić information content (AvgIpc) is 2.45. The number of non-ortho nitro benzene ring substituents is 1. The second kappa shape index (κ2) is 6.43. The number of amides is 1. The number of hydrogen-bond donors (Lipinski definition) is 1. The Balaban J connectivity index is 2.31. The maximum atomic E-state index is 12.6. The highest BCUT2D eigenvalue weighted by molar-refractivity contribution is 9.10. The largest absolute Gasteiger partial charge is 0.481 e. The molecule has 1 aromatic rings. The van der Waals surface area contributed by atoms with Crippen molar-refractivity contribution in [2.75, 3.05) is 6.54 Å². The molecule has 1 heterocycles. The number of nitrogens with zero attached hydrogens (tertiary/aromatic N) is 2. The molecule has 0 spiro atoms. The van der Waals surface area contributed by atoms with Crippen molar-refractivity contribution < 1.29 is 19.6 Å². The molecule has 0 radical (unpaired) electrons.